The van der Waals surface area contributed by atoms with Crippen LogP contribution in [0, 0.1) is 11.8 Å². The van der Waals surface area contributed by atoms with Gasteiger partial charge in [-0.15, -0.1) is 0 Å². The first kappa shape index (κ1) is 8.21. The summed E-state index contributed by atoms with van der Waals surface area (Å²) in [4.78, 5) is 0. The zero-order chi connectivity index (χ0) is 9.05. The minimum atomic E-state index is -0.267. The van der Waals surface area contributed by atoms with E-state index in [0.717, 1.165) is 25.7 Å². The van der Waals surface area contributed by atoms with Crippen molar-refractivity contribution in [2.75, 3.05) is 6.61 Å². The summed E-state index contributed by atoms with van der Waals surface area (Å²) in [6.07, 6.45) is 3.32. The van der Waals surface area contributed by atoms with Crippen molar-refractivity contribution in [3.63, 3.8) is 0 Å². The lowest BCUT2D eigenvalue weighted by Crippen LogP contribution is -2.38. The Balaban J connectivity index is 1.79. The molecule has 13 heavy (non-hydrogen) atoms. The maximum atomic E-state index is 9.61. The molecule has 1 saturated heterocycles. The van der Waals surface area contributed by atoms with Crippen LogP contribution < -0.4 is 0 Å². The molecule has 0 aromatic carbocycles. The van der Waals surface area contributed by atoms with Gasteiger partial charge >= 0.3 is 0 Å². The van der Waals surface area contributed by atoms with E-state index in [0.29, 0.717) is 18.4 Å². The molecule has 74 valence electrons. The first-order chi connectivity index (χ1) is 6.21. The summed E-state index contributed by atoms with van der Waals surface area (Å²) < 4.78 is 5.73. The zero-order valence-corrected chi connectivity index (χ0v) is 7.65. The Kier molecular flexibility index (Phi) is 1.56. The molecule has 0 radical (unpaired) electrons. The summed E-state index contributed by atoms with van der Waals surface area (Å²) in [5.41, 5.74) is -0.0523. The van der Waals surface area contributed by atoms with Gasteiger partial charge in [0.1, 0.15) is 0 Å². The molecule has 2 aliphatic carbocycles. The second-order valence-corrected chi connectivity index (χ2v) is 4.85. The molecule has 3 nitrogen and oxygen atoms in total. The van der Waals surface area contributed by atoms with Crippen molar-refractivity contribution in [3.8, 4) is 0 Å². The van der Waals surface area contributed by atoms with E-state index in [2.05, 4.69) is 0 Å². The van der Waals surface area contributed by atoms with Gasteiger partial charge in [0.05, 0.1) is 24.4 Å². The highest BCUT2D eigenvalue weighted by Gasteiger charge is 2.61. The first-order valence-corrected chi connectivity index (χ1v) is 5.21. The SMILES string of the molecule is OC1COC2(CCC(O)C3CC32)C1. The summed E-state index contributed by atoms with van der Waals surface area (Å²) in [6, 6.07) is 0. The van der Waals surface area contributed by atoms with Gasteiger partial charge in [0.15, 0.2) is 0 Å². The molecular weight excluding hydrogens is 168 g/mol. The van der Waals surface area contributed by atoms with Crippen LogP contribution in [0.3, 0.4) is 0 Å². The van der Waals surface area contributed by atoms with Gasteiger partial charge in [0.25, 0.3) is 0 Å². The highest BCUT2D eigenvalue weighted by molar-refractivity contribution is 5.11. The van der Waals surface area contributed by atoms with Crippen LogP contribution in [0.1, 0.15) is 25.7 Å². The van der Waals surface area contributed by atoms with Gasteiger partial charge in [-0.25, -0.2) is 0 Å². The van der Waals surface area contributed by atoms with Crippen LogP contribution in [0.15, 0.2) is 0 Å². The van der Waals surface area contributed by atoms with Crippen molar-refractivity contribution in [3.05, 3.63) is 0 Å². The van der Waals surface area contributed by atoms with Gasteiger partial charge in [-0.2, -0.15) is 0 Å². The van der Waals surface area contributed by atoms with E-state index in [4.69, 9.17) is 4.74 Å². The summed E-state index contributed by atoms with van der Waals surface area (Å²) in [5, 5.41) is 19.1. The third-order valence-electron chi connectivity index (χ3n) is 4.02. The van der Waals surface area contributed by atoms with Crippen molar-refractivity contribution in [2.45, 2.75) is 43.5 Å². The van der Waals surface area contributed by atoms with Crippen LogP contribution in [-0.2, 0) is 4.74 Å². The molecule has 0 aromatic rings. The first-order valence-electron chi connectivity index (χ1n) is 5.21. The van der Waals surface area contributed by atoms with E-state index < -0.39 is 0 Å². The van der Waals surface area contributed by atoms with E-state index in [-0.39, 0.29) is 17.8 Å². The maximum absolute atomic E-state index is 9.61. The second kappa shape index (κ2) is 2.47. The van der Waals surface area contributed by atoms with Gasteiger partial charge in [0.2, 0.25) is 0 Å². The molecule has 1 aliphatic heterocycles. The standard InChI is InChI=1S/C10H16O3/c11-6-4-10(13-5-6)2-1-9(12)7-3-8(7)10/h6-9,11-12H,1-5H2. The number of aliphatic hydroxyl groups excluding tert-OH is 2. The molecule has 0 amide bonds. The van der Waals surface area contributed by atoms with Crippen molar-refractivity contribution in [2.24, 2.45) is 11.8 Å². The molecule has 3 rings (SSSR count). The fourth-order valence-electron chi connectivity index (χ4n) is 3.25. The summed E-state index contributed by atoms with van der Waals surface area (Å²) in [5.74, 6) is 1.01. The Labute approximate surface area is 77.7 Å². The van der Waals surface area contributed by atoms with Crippen LogP contribution in [0.25, 0.3) is 0 Å². The highest BCUT2D eigenvalue weighted by atomic mass is 16.5. The average molecular weight is 184 g/mol. The van der Waals surface area contributed by atoms with E-state index in [1.54, 1.807) is 0 Å². The summed E-state index contributed by atoms with van der Waals surface area (Å²) in [7, 11) is 0. The summed E-state index contributed by atoms with van der Waals surface area (Å²) >= 11 is 0. The molecule has 5 atom stereocenters. The molecule has 1 heterocycles. The van der Waals surface area contributed by atoms with Crippen LogP contribution in [0.2, 0.25) is 0 Å². The van der Waals surface area contributed by atoms with Crippen LogP contribution in [0.5, 0.6) is 0 Å². The van der Waals surface area contributed by atoms with Gasteiger partial charge in [-0.3, -0.25) is 0 Å². The Morgan fingerprint density at radius 1 is 1.31 bits per heavy atom. The van der Waals surface area contributed by atoms with Gasteiger partial charge in [0, 0.05) is 6.42 Å². The van der Waals surface area contributed by atoms with Gasteiger partial charge < -0.3 is 14.9 Å². The summed E-state index contributed by atoms with van der Waals surface area (Å²) in [6.45, 7) is 0.499. The number of hydrogen-bond donors (Lipinski definition) is 2. The maximum Gasteiger partial charge on any atom is 0.0801 e. The Bertz CT molecular complexity index is 230. The predicted octanol–water partition coefficient (Wildman–Crippen LogP) is 0.297. The minimum absolute atomic E-state index is 0.0523. The molecule has 3 heteroatoms. The quantitative estimate of drug-likeness (QED) is 0.569. The van der Waals surface area contributed by atoms with E-state index >= 15 is 0 Å². The largest absolute Gasteiger partial charge is 0.393 e. The molecule has 0 aromatic heterocycles. The van der Waals surface area contributed by atoms with Crippen LogP contribution in [0.4, 0.5) is 0 Å². The normalized spacial score (nSPS) is 59.5. The predicted molar refractivity (Wildman–Crippen MR) is 46.1 cm³/mol. The lowest BCUT2D eigenvalue weighted by atomic mass is 9.81. The fraction of sp³-hybridized carbons (Fsp3) is 1.00. The van der Waals surface area contributed by atoms with E-state index in [1.165, 1.54) is 0 Å². The van der Waals surface area contributed by atoms with Crippen LogP contribution >= 0.6 is 0 Å². The lowest BCUT2D eigenvalue weighted by molar-refractivity contribution is -0.0612. The molecule has 5 unspecified atom stereocenters. The average Bonchev–Trinajstić information content (AvgIpc) is 2.83. The van der Waals surface area contributed by atoms with Crippen molar-refractivity contribution in [1.29, 1.82) is 0 Å². The molecular formula is C10H16O3. The van der Waals surface area contributed by atoms with E-state index in [1.807, 2.05) is 0 Å². The zero-order valence-electron chi connectivity index (χ0n) is 7.65. The van der Waals surface area contributed by atoms with E-state index in [9.17, 15) is 10.2 Å². The highest BCUT2D eigenvalue weighted by Crippen LogP contribution is 2.59. The minimum Gasteiger partial charge on any atom is -0.393 e. The molecule has 3 fully saturated rings. The van der Waals surface area contributed by atoms with Gasteiger partial charge in [-0.1, -0.05) is 0 Å². The van der Waals surface area contributed by atoms with Crippen molar-refractivity contribution >= 4 is 0 Å². The Morgan fingerprint density at radius 3 is 2.85 bits per heavy atom. The Hall–Kier alpha value is -0.120. The molecule has 3 aliphatic rings. The number of fused-ring (bicyclic) bond motifs is 2. The van der Waals surface area contributed by atoms with Crippen LogP contribution in [-0.4, -0.2) is 34.6 Å². The molecule has 2 saturated carbocycles. The number of ether oxygens (including phenoxy) is 1. The monoisotopic (exact) mass is 184 g/mol. The fourth-order valence-corrected chi connectivity index (χ4v) is 3.25. The third-order valence-corrected chi connectivity index (χ3v) is 4.02. The Morgan fingerprint density at radius 2 is 2.15 bits per heavy atom. The molecule has 1 spiro atoms. The van der Waals surface area contributed by atoms with Crippen molar-refractivity contribution < 1.29 is 14.9 Å². The second-order valence-electron chi connectivity index (χ2n) is 4.85. The number of aliphatic hydroxyl groups is 2. The topological polar surface area (TPSA) is 49.7 Å². The third kappa shape index (κ3) is 1.07. The number of hydrogen-bond acceptors (Lipinski definition) is 3. The smallest absolute Gasteiger partial charge is 0.0801 e. The van der Waals surface area contributed by atoms with Crippen molar-refractivity contribution in [1.82, 2.24) is 0 Å². The molecule has 0 bridgehead atoms. The lowest BCUT2D eigenvalue weighted by Gasteiger charge is -2.34. The van der Waals surface area contributed by atoms with Gasteiger partial charge in [-0.05, 0) is 31.1 Å². The molecule has 2 N–H and O–H groups in total. The number of rotatable bonds is 0.